The molecule has 1 aromatic carbocycles. The number of nitrogens with zero attached hydrogens (tertiary/aromatic N) is 1. The zero-order valence-electron chi connectivity index (χ0n) is 17.4. The van der Waals surface area contributed by atoms with Crippen molar-refractivity contribution < 1.29 is 9.59 Å². The van der Waals surface area contributed by atoms with Crippen molar-refractivity contribution >= 4 is 17.5 Å². The minimum absolute atomic E-state index is 0.0266. The van der Waals surface area contributed by atoms with Crippen LogP contribution in [0.25, 0.3) is 0 Å². The minimum Gasteiger partial charge on any atom is -0.339 e. The third-order valence-corrected chi connectivity index (χ3v) is 4.96. The number of amides is 2. The Balaban J connectivity index is 1.81. The number of nitrogens with one attached hydrogen (secondary N) is 2. The number of carbonyl (C=O) groups is 2. The zero-order chi connectivity index (χ0) is 20.2. The highest BCUT2D eigenvalue weighted by Crippen LogP contribution is 2.19. The van der Waals surface area contributed by atoms with Gasteiger partial charge in [0, 0.05) is 24.3 Å². The van der Waals surface area contributed by atoms with Crippen molar-refractivity contribution in [3.8, 4) is 0 Å². The Morgan fingerprint density at radius 1 is 1.11 bits per heavy atom. The Morgan fingerprint density at radius 3 is 2.57 bits per heavy atom. The summed E-state index contributed by atoms with van der Waals surface area (Å²) >= 11 is 0. The Kier molecular flexibility index (Phi) is 9.77. The van der Waals surface area contributed by atoms with E-state index in [1.807, 2.05) is 23.1 Å². The molecule has 0 spiro atoms. The van der Waals surface area contributed by atoms with Crippen LogP contribution in [0.4, 0.5) is 5.69 Å². The molecule has 0 radical (unpaired) electrons. The van der Waals surface area contributed by atoms with Crippen LogP contribution in [0.15, 0.2) is 35.9 Å². The fourth-order valence-corrected chi connectivity index (χ4v) is 3.56. The van der Waals surface area contributed by atoms with Gasteiger partial charge >= 0.3 is 0 Å². The molecule has 28 heavy (non-hydrogen) atoms. The van der Waals surface area contributed by atoms with Crippen LogP contribution >= 0.6 is 0 Å². The first-order valence-electron chi connectivity index (χ1n) is 10.7. The van der Waals surface area contributed by atoms with Crippen LogP contribution in [0.5, 0.6) is 0 Å². The normalized spacial score (nSPS) is 13.7. The van der Waals surface area contributed by atoms with Crippen molar-refractivity contribution in [3.05, 3.63) is 41.5 Å². The highest BCUT2D eigenvalue weighted by atomic mass is 16.2. The summed E-state index contributed by atoms with van der Waals surface area (Å²) in [6.45, 7) is 6.76. The van der Waals surface area contributed by atoms with Gasteiger partial charge in [-0.3, -0.25) is 9.59 Å². The van der Waals surface area contributed by atoms with Gasteiger partial charge in [0.2, 0.25) is 5.91 Å². The monoisotopic (exact) mass is 385 g/mol. The summed E-state index contributed by atoms with van der Waals surface area (Å²) < 4.78 is 0. The molecule has 1 aromatic rings. The summed E-state index contributed by atoms with van der Waals surface area (Å²) in [5, 5.41) is 6.11. The molecular weight excluding hydrogens is 350 g/mol. The second-order valence-corrected chi connectivity index (χ2v) is 7.46. The highest BCUT2D eigenvalue weighted by molar-refractivity contribution is 5.97. The molecule has 0 bridgehead atoms. The predicted molar refractivity (Wildman–Crippen MR) is 116 cm³/mol. The van der Waals surface area contributed by atoms with Crippen LogP contribution in [0.1, 0.15) is 69.2 Å². The molecule has 5 heteroatoms. The number of carbonyl (C=O) groups excluding carboxylic acids is 2. The second kappa shape index (κ2) is 12.3. The van der Waals surface area contributed by atoms with E-state index in [-0.39, 0.29) is 18.4 Å². The van der Waals surface area contributed by atoms with Crippen LogP contribution in [0, 0.1) is 0 Å². The van der Waals surface area contributed by atoms with E-state index in [1.54, 1.807) is 6.07 Å². The molecule has 0 unspecified atom stereocenters. The van der Waals surface area contributed by atoms with Crippen LogP contribution in [0.3, 0.4) is 0 Å². The first-order valence-corrected chi connectivity index (χ1v) is 10.7. The molecule has 154 valence electrons. The van der Waals surface area contributed by atoms with Crippen LogP contribution < -0.4 is 10.6 Å². The fourth-order valence-electron chi connectivity index (χ4n) is 3.56. The number of rotatable bonds is 11. The van der Waals surface area contributed by atoms with Crippen molar-refractivity contribution in [2.75, 3.05) is 31.5 Å². The molecule has 0 fully saturated rings. The first kappa shape index (κ1) is 22.2. The van der Waals surface area contributed by atoms with Gasteiger partial charge in [-0.1, -0.05) is 31.6 Å². The van der Waals surface area contributed by atoms with Crippen molar-refractivity contribution in [3.63, 3.8) is 0 Å². The minimum atomic E-state index is -0.0822. The van der Waals surface area contributed by atoms with E-state index in [2.05, 4.69) is 30.6 Å². The largest absolute Gasteiger partial charge is 0.339 e. The lowest BCUT2D eigenvalue weighted by atomic mass is 9.97. The Bertz CT molecular complexity index is 664. The molecule has 1 aliphatic rings. The van der Waals surface area contributed by atoms with Gasteiger partial charge in [-0.25, -0.2) is 0 Å². The van der Waals surface area contributed by atoms with E-state index < -0.39 is 0 Å². The molecular formula is C23H35N3O2. The Hall–Kier alpha value is -2.14. The quantitative estimate of drug-likeness (QED) is 0.439. The van der Waals surface area contributed by atoms with Crippen LogP contribution in [-0.2, 0) is 4.79 Å². The smallest absolute Gasteiger partial charge is 0.253 e. The van der Waals surface area contributed by atoms with Crippen molar-refractivity contribution in [2.24, 2.45) is 0 Å². The topological polar surface area (TPSA) is 61.4 Å². The van der Waals surface area contributed by atoms with E-state index in [4.69, 9.17) is 0 Å². The summed E-state index contributed by atoms with van der Waals surface area (Å²) in [5.41, 5.74) is 2.80. The van der Waals surface area contributed by atoms with E-state index in [9.17, 15) is 9.59 Å². The molecule has 2 N–H and O–H groups in total. The van der Waals surface area contributed by atoms with Crippen molar-refractivity contribution in [1.82, 2.24) is 10.2 Å². The van der Waals surface area contributed by atoms with Gasteiger partial charge in [0.15, 0.2) is 0 Å². The Labute approximate surface area is 169 Å². The maximum atomic E-state index is 12.7. The van der Waals surface area contributed by atoms with Gasteiger partial charge < -0.3 is 15.5 Å². The summed E-state index contributed by atoms with van der Waals surface area (Å²) in [6, 6.07) is 7.23. The third kappa shape index (κ3) is 7.47. The summed E-state index contributed by atoms with van der Waals surface area (Å²) in [5.74, 6) is -0.0557. The summed E-state index contributed by atoms with van der Waals surface area (Å²) in [7, 11) is 0. The van der Waals surface area contributed by atoms with Gasteiger partial charge in [0.05, 0.1) is 6.54 Å². The lowest BCUT2D eigenvalue weighted by Crippen LogP contribution is -2.32. The maximum Gasteiger partial charge on any atom is 0.253 e. The molecule has 0 saturated carbocycles. The highest BCUT2D eigenvalue weighted by Gasteiger charge is 2.15. The number of benzene rings is 1. The van der Waals surface area contributed by atoms with E-state index >= 15 is 0 Å². The molecule has 0 saturated heterocycles. The third-order valence-electron chi connectivity index (χ3n) is 4.96. The molecule has 1 aliphatic carbocycles. The molecule has 2 rings (SSSR count). The van der Waals surface area contributed by atoms with Gasteiger partial charge in [0.1, 0.15) is 0 Å². The number of anilines is 1. The first-order chi connectivity index (χ1) is 13.6. The SMILES string of the molecule is CCCN(CCC)C(=O)c1cccc(NC(=O)CNCCC2=CCCCC2)c1. The molecule has 0 aliphatic heterocycles. The van der Waals surface area contributed by atoms with Crippen molar-refractivity contribution in [2.45, 2.75) is 58.8 Å². The molecule has 0 heterocycles. The fraction of sp³-hybridized carbons (Fsp3) is 0.565. The predicted octanol–water partition coefficient (Wildman–Crippen LogP) is 4.37. The number of hydrogen-bond acceptors (Lipinski definition) is 3. The molecule has 2 amide bonds. The number of allylic oxidation sites excluding steroid dienone is 1. The van der Waals surface area contributed by atoms with Gasteiger partial charge in [-0.05, 0) is 69.7 Å². The van der Waals surface area contributed by atoms with Crippen molar-refractivity contribution in [1.29, 1.82) is 0 Å². The summed E-state index contributed by atoms with van der Waals surface area (Å²) in [6.07, 6.45) is 10.2. The van der Waals surface area contributed by atoms with Gasteiger partial charge in [-0.15, -0.1) is 0 Å². The lowest BCUT2D eigenvalue weighted by Gasteiger charge is -2.21. The summed E-state index contributed by atoms with van der Waals surface area (Å²) in [4.78, 5) is 26.8. The van der Waals surface area contributed by atoms with Crippen LogP contribution in [0.2, 0.25) is 0 Å². The molecule has 0 aromatic heterocycles. The maximum absolute atomic E-state index is 12.7. The molecule has 5 nitrogen and oxygen atoms in total. The average molecular weight is 386 g/mol. The second-order valence-electron chi connectivity index (χ2n) is 7.46. The molecule has 0 atom stereocenters. The van der Waals surface area contributed by atoms with Gasteiger partial charge in [-0.2, -0.15) is 0 Å². The number of hydrogen-bond donors (Lipinski definition) is 2. The van der Waals surface area contributed by atoms with E-state index in [1.165, 1.54) is 31.3 Å². The van der Waals surface area contributed by atoms with Gasteiger partial charge in [0.25, 0.3) is 5.91 Å². The zero-order valence-corrected chi connectivity index (χ0v) is 17.4. The van der Waals surface area contributed by atoms with E-state index in [0.29, 0.717) is 11.3 Å². The Morgan fingerprint density at radius 2 is 1.89 bits per heavy atom. The van der Waals surface area contributed by atoms with E-state index in [0.717, 1.165) is 38.9 Å². The van der Waals surface area contributed by atoms with Crippen LogP contribution in [-0.4, -0.2) is 42.9 Å². The standard InChI is InChI=1S/C23H35N3O2/c1-3-15-26(16-4-2)23(28)20-11-8-12-21(17-20)25-22(27)18-24-14-13-19-9-6-5-7-10-19/h8-9,11-12,17,24H,3-7,10,13-16,18H2,1-2H3,(H,25,27). The lowest BCUT2D eigenvalue weighted by molar-refractivity contribution is -0.115. The average Bonchev–Trinajstić information content (AvgIpc) is 2.71.